The molecule has 0 bridgehead atoms. The predicted octanol–water partition coefficient (Wildman–Crippen LogP) is 16.5. The molecule has 282 valence electrons. The summed E-state index contributed by atoms with van der Waals surface area (Å²) in [5, 5.41) is 4.69. The van der Waals surface area contributed by atoms with Crippen LogP contribution >= 0.6 is 0 Å². The van der Waals surface area contributed by atoms with Gasteiger partial charge >= 0.3 is 0 Å². The molecular formula is C58H39NO. The van der Waals surface area contributed by atoms with Crippen molar-refractivity contribution in [3.05, 3.63) is 237 Å². The first kappa shape index (κ1) is 35.2. The molecule has 0 amide bonds. The van der Waals surface area contributed by atoms with Crippen molar-refractivity contribution in [2.45, 2.75) is 0 Å². The molecule has 0 atom stereocenters. The molecule has 11 aromatic rings. The topological polar surface area (TPSA) is 16.4 Å². The van der Waals surface area contributed by atoms with Gasteiger partial charge in [-0.1, -0.05) is 182 Å². The number of furan rings is 1. The number of anilines is 3. The number of rotatable bonds is 8. The van der Waals surface area contributed by atoms with E-state index in [9.17, 15) is 0 Å². The SMILES string of the molecule is c1ccc(-c2ccc(-c3ccc(N(c4ccc(-c5cccc(-c6ccc7oc8ccccc8c7c6)c5)cc4)c4ccc(-c5ccccc5)c5ccccc45)cc3)cc2)cc1. The third-order valence-corrected chi connectivity index (χ3v) is 11.7. The Balaban J connectivity index is 0.971. The van der Waals surface area contributed by atoms with Gasteiger partial charge in [0.2, 0.25) is 0 Å². The van der Waals surface area contributed by atoms with Crippen molar-refractivity contribution in [2.75, 3.05) is 4.90 Å². The summed E-state index contributed by atoms with van der Waals surface area (Å²) in [6, 6.07) is 84.9. The van der Waals surface area contributed by atoms with Gasteiger partial charge in [0.1, 0.15) is 11.2 Å². The van der Waals surface area contributed by atoms with Crippen LogP contribution < -0.4 is 4.90 Å². The Labute approximate surface area is 349 Å². The number of nitrogens with zero attached hydrogens (tertiary/aromatic N) is 1. The summed E-state index contributed by atoms with van der Waals surface area (Å²) in [5.74, 6) is 0. The van der Waals surface area contributed by atoms with Crippen molar-refractivity contribution < 1.29 is 4.42 Å². The zero-order chi connectivity index (χ0) is 39.8. The van der Waals surface area contributed by atoms with Crippen LogP contribution in [0.5, 0.6) is 0 Å². The Morgan fingerprint density at radius 1 is 0.250 bits per heavy atom. The minimum Gasteiger partial charge on any atom is -0.456 e. The number of hydrogen-bond donors (Lipinski definition) is 0. The first-order valence-electron chi connectivity index (χ1n) is 20.5. The molecule has 2 heteroatoms. The van der Waals surface area contributed by atoms with Crippen LogP contribution in [-0.4, -0.2) is 0 Å². The molecule has 0 fully saturated rings. The Bertz CT molecular complexity index is 3270. The number of benzene rings is 10. The largest absolute Gasteiger partial charge is 0.456 e. The van der Waals surface area contributed by atoms with Gasteiger partial charge in [0.15, 0.2) is 0 Å². The van der Waals surface area contributed by atoms with E-state index in [0.29, 0.717) is 0 Å². The lowest BCUT2D eigenvalue weighted by atomic mass is 9.96. The molecule has 1 heterocycles. The highest BCUT2D eigenvalue weighted by atomic mass is 16.3. The fraction of sp³-hybridized carbons (Fsp3) is 0. The minimum absolute atomic E-state index is 0.908. The highest BCUT2D eigenvalue weighted by Crippen LogP contribution is 2.43. The van der Waals surface area contributed by atoms with E-state index in [1.807, 2.05) is 12.1 Å². The third kappa shape index (κ3) is 6.51. The quantitative estimate of drug-likeness (QED) is 0.153. The average Bonchev–Trinajstić information content (AvgIpc) is 3.71. The van der Waals surface area contributed by atoms with E-state index in [0.717, 1.165) is 44.6 Å². The first-order chi connectivity index (χ1) is 29.7. The van der Waals surface area contributed by atoms with Crippen LogP contribution in [0.4, 0.5) is 17.1 Å². The van der Waals surface area contributed by atoms with Gasteiger partial charge in [0.25, 0.3) is 0 Å². The lowest BCUT2D eigenvalue weighted by molar-refractivity contribution is 0.669. The standard InChI is InChI=1S/C58H39NO/c1-3-12-40(13-4-1)41-22-24-42(25-23-41)43-26-31-49(32-27-43)59(56-36-35-51(45-14-5-2-6-15-45)52-18-7-8-19-53(52)56)50-33-28-44(29-34-50)46-16-11-17-47(38-46)48-30-37-58-55(39-48)54-20-9-10-21-57(54)60-58/h1-39H. The molecule has 0 radical (unpaired) electrons. The van der Waals surface area contributed by atoms with Gasteiger partial charge in [-0.2, -0.15) is 0 Å². The van der Waals surface area contributed by atoms with Gasteiger partial charge in [-0.05, 0) is 116 Å². The van der Waals surface area contributed by atoms with Gasteiger partial charge in [-0.15, -0.1) is 0 Å². The summed E-state index contributed by atoms with van der Waals surface area (Å²) in [4.78, 5) is 2.39. The monoisotopic (exact) mass is 765 g/mol. The van der Waals surface area contributed by atoms with E-state index in [1.165, 1.54) is 60.8 Å². The van der Waals surface area contributed by atoms with Crippen LogP contribution in [0.1, 0.15) is 0 Å². The summed E-state index contributed by atoms with van der Waals surface area (Å²) in [6.45, 7) is 0. The third-order valence-electron chi connectivity index (χ3n) is 11.7. The van der Waals surface area contributed by atoms with Gasteiger partial charge < -0.3 is 9.32 Å². The second kappa shape index (κ2) is 15.1. The first-order valence-corrected chi connectivity index (χ1v) is 20.5. The molecule has 1 aromatic heterocycles. The molecule has 2 nitrogen and oxygen atoms in total. The maximum atomic E-state index is 6.12. The van der Waals surface area contributed by atoms with Gasteiger partial charge in [0, 0.05) is 27.5 Å². The molecule has 10 aromatic carbocycles. The molecule has 0 aliphatic carbocycles. The second-order valence-corrected chi connectivity index (χ2v) is 15.3. The lowest BCUT2D eigenvalue weighted by Crippen LogP contribution is -2.10. The summed E-state index contributed by atoms with van der Waals surface area (Å²) in [7, 11) is 0. The molecule has 0 saturated carbocycles. The fourth-order valence-corrected chi connectivity index (χ4v) is 8.65. The second-order valence-electron chi connectivity index (χ2n) is 15.3. The molecule has 0 spiro atoms. The normalized spacial score (nSPS) is 11.3. The molecule has 0 N–H and O–H groups in total. The van der Waals surface area contributed by atoms with Crippen molar-refractivity contribution >= 4 is 49.8 Å². The van der Waals surface area contributed by atoms with Gasteiger partial charge in [-0.25, -0.2) is 0 Å². The molecule has 0 unspecified atom stereocenters. The van der Waals surface area contributed by atoms with Gasteiger partial charge in [0.05, 0.1) is 5.69 Å². The highest BCUT2D eigenvalue weighted by Gasteiger charge is 2.18. The Morgan fingerprint density at radius 2 is 0.683 bits per heavy atom. The van der Waals surface area contributed by atoms with Crippen molar-refractivity contribution in [1.82, 2.24) is 0 Å². The van der Waals surface area contributed by atoms with E-state index in [-0.39, 0.29) is 0 Å². The number of para-hydroxylation sites is 1. The summed E-state index contributed by atoms with van der Waals surface area (Å²) in [5.41, 5.74) is 17.0. The van der Waals surface area contributed by atoms with Gasteiger partial charge in [-0.3, -0.25) is 0 Å². The van der Waals surface area contributed by atoms with Crippen LogP contribution in [0.25, 0.3) is 88.3 Å². The zero-order valence-electron chi connectivity index (χ0n) is 32.9. The van der Waals surface area contributed by atoms with E-state index in [1.54, 1.807) is 0 Å². The van der Waals surface area contributed by atoms with Crippen molar-refractivity contribution in [3.63, 3.8) is 0 Å². The molecule has 0 aliphatic heterocycles. The van der Waals surface area contributed by atoms with Crippen LogP contribution in [0.2, 0.25) is 0 Å². The van der Waals surface area contributed by atoms with Crippen LogP contribution in [0, 0.1) is 0 Å². The van der Waals surface area contributed by atoms with E-state index in [4.69, 9.17) is 4.42 Å². The summed E-state index contributed by atoms with van der Waals surface area (Å²) < 4.78 is 6.12. The minimum atomic E-state index is 0.908. The Kier molecular flexibility index (Phi) is 8.87. The Hall–Kier alpha value is -7.94. The Morgan fingerprint density at radius 3 is 1.33 bits per heavy atom. The average molecular weight is 766 g/mol. The van der Waals surface area contributed by atoms with Crippen LogP contribution in [0.15, 0.2) is 241 Å². The van der Waals surface area contributed by atoms with Crippen LogP contribution in [0.3, 0.4) is 0 Å². The molecule has 0 aliphatic rings. The molecular weight excluding hydrogens is 727 g/mol. The molecule has 60 heavy (non-hydrogen) atoms. The zero-order valence-corrected chi connectivity index (χ0v) is 32.9. The molecule has 0 saturated heterocycles. The fourth-order valence-electron chi connectivity index (χ4n) is 8.65. The van der Waals surface area contributed by atoms with Crippen molar-refractivity contribution in [1.29, 1.82) is 0 Å². The predicted molar refractivity (Wildman–Crippen MR) is 253 cm³/mol. The van der Waals surface area contributed by atoms with E-state index >= 15 is 0 Å². The smallest absolute Gasteiger partial charge is 0.135 e. The number of fused-ring (bicyclic) bond motifs is 4. The maximum Gasteiger partial charge on any atom is 0.135 e. The summed E-state index contributed by atoms with van der Waals surface area (Å²) >= 11 is 0. The van der Waals surface area contributed by atoms with Crippen molar-refractivity contribution in [3.8, 4) is 55.6 Å². The van der Waals surface area contributed by atoms with E-state index in [2.05, 4.69) is 229 Å². The number of hydrogen-bond acceptors (Lipinski definition) is 2. The van der Waals surface area contributed by atoms with Crippen molar-refractivity contribution in [2.24, 2.45) is 0 Å². The lowest BCUT2D eigenvalue weighted by Gasteiger charge is -2.28. The van der Waals surface area contributed by atoms with Crippen LogP contribution in [-0.2, 0) is 0 Å². The summed E-state index contributed by atoms with van der Waals surface area (Å²) in [6.07, 6.45) is 0. The highest BCUT2D eigenvalue weighted by molar-refractivity contribution is 6.07. The molecule has 11 rings (SSSR count). The van der Waals surface area contributed by atoms with E-state index < -0.39 is 0 Å². The maximum absolute atomic E-state index is 6.12.